The Morgan fingerprint density at radius 1 is 1.20 bits per heavy atom. The molecule has 0 fully saturated rings. The molecule has 0 radical (unpaired) electrons. The summed E-state index contributed by atoms with van der Waals surface area (Å²) < 4.78 is 7.24. The van der Waals surface area contributed by atoms with E-state index in [4.69, 9.17) is 4.42 Å². The molecule has 5 nitrogen and oxygen atoms in total. The van der Waals surface area contributed by atoms with Crippen molar-refractivity contribution in [1.82, 2.24) is 14.8 Å². The van der Waals surface area contributed by atoms with Gasteiger partial charge in [-0.05, 0) is 45.4 Å². The molecule has 3 rings (SSSR count). The smallest absolute Gasteiger partial charge is 0.191 e. The summed E-state index contributed by atoms with van der Waals surface area (Å²) in [6.07, 6.45) is 1.64. The molecule has 1 unspecified atom stereocenters. The fourth-order valence-corrected chi connectivity index (χ4v) is 3.58. The van der Waals surface area contributed by atoms with Gasteiger partial charge < -0.3 is 8.98 Å². The van der Waals surface area contributed by atoms with E-state index in [-0.39, 0.29) is 11.0 Å². The average molecular weight is 355 g/mol. The quantitative estimate of drug-likeness (QED) is 0.502. The molecule has 0 bridgehead atoms. The number of carbonyl (C=O) groups excluding carboxylic acids is 1. The van der Waals surface area contributed by atoms with E-state index in [1.54, 1.807) is 6.26 Å². The van der Waals surface area contributed by atoms with Crippen LogP contribution >= 0.6 is 11.8 Å². The molecule has 1 atom stereocenters. The van der Waals surface area contributed by atoms with Gasteiger partial charge in [-0.3, -0.25) is 4.79 Å². The summed E-state index contributed by atoms with van der Waals surface area (Å²) in [4.78, 5) is 12.8. The third kappa shape index (κ3) is 3.39. The van der Waals surface area contributed by atoms with E-state index in [2.05, 4.69) is 10.2 Å². The Morgan fingerprint density at radius 3 is 2.64 bits per heavy atom. The third-order valence-electron chi connectivity index (χ3n) is 4.24. The fraction of sp³-hybridized carbons (Fsp3) is 0.316. The van der Waals surface area contributed by atoms with Gasteiger partial charge in [-0.2, -0.15) is 0 Å². The molecule has 0 saturated heterocycles. The van der Waals surface area contributed by atoms with E-state index in [0.717, 1.165) is 33.8 Å². The van der Waals surface area contributed by atoms with Gasteiger partial charge in [-0.25, -0.2) is 0 Å². The predicted octanol–water partition coefficient (Wildman–Crippen LogP) is 4.36. The Kier molecular flexibility index (Phi) is 4.81. The number of aromatic nitrogens is 3. The van der Waals surface area contributed by atoms with E-state index < -0.39 is 0 Å². The molecule has 0 aliphatic rings. The summed E-state index contributed by atoms with van der Waals surface area (Å²) in [5.74, 6) is 1.64. The van der Waals surface area contributed by atoms with Crippen LogP contribution in [0.4, 0.5) is 0 Å². The van der Waals surface area contributed by atoms with Crippen LogP contribution in [0.15, 0.2) is 40.1 Å². The fourth-order valence-electron chi connectivity index (χ4n) is 2.70. The minimum absolute atomic E-state index is 0.107. The van der Waals surface area contributed by atoms with E-state index in [0.29, 0.717) is 5.16 Å². The Morgan fingerprint density at radius 2 is 1.96 bits per heavy atom. The lowest BCUT2D eigenvalue weighted by Gasteiger charge is -2.12. The third-order valence-corrected chi connectivity index (χ3v) is 5.38. The number of hydrogen-bond acceptors (Lipinski definition) is 5. The van der Waals surface area contributed by atoms with Gasteiger partial charge >= 0.3 is 0 Å². The number of thioether (sulfide) groups is 1. The summed E-state index contributed by atoms with van der Waals surface area (Å²) in [7, 11) is 1.90. The zero-order chi connectivity index (χ0) is 18.1. The molecule has 0 N–H and O–H groups in total. The summed E-state index contributed by atoms with van der Waals surface area (Å²) in [5, 5.41) is 8.97. The minimum atomic E-state index is -0.248. The van der Waals surface area contributed by atoms with Crippen molar-refractivity contribution >= 4 is 17.5 Å². The van der Waals surface area contributed by atoms with Gasteiger partial charge in [-0.15, -0.1) is 10.2 Å². The molecule has 6 heteroatoms. The Hall–Kier alpha value is -2.34. The number of ketones is 1. The second kappa shape index (κ2) is 6.88. The molecule has 0 saturated carbocycles. The Labute approximate surface area is 151 Å². The first kappa shape index (κ1) is 17.5. The monoisotopic (exact) mass is 355 g/mol. The first-order valence-corrected chi connectivity index (χ1v) is 8.98. The largest absolute Gasteiger partial charge is 0.469 e. The number of aryl methyl sites for hydroxylation is 3. The van der Waals surface area contributed by atoms with Crippen molar-refractivity contribution in [3.05, 3.63) is 53.0 Å². The second-order valence-corrected chi connectivity index (χ2v) is 7.51. The van der Waals surface area contributed by atoms with Crippen LogP contribution in [0.1, 0.15) is 34.2 Å². The topological polar surface area (TPSA) is 60.9 Å². The van der Waals surface area contributed by atoms with E-state index >= 15 is 0 Å². The van der Waals surface area contributed by atoms with Crippen LogP contribution in [0, 0.1) is 20.8 Å². The number of nitrogens with zero attached hydrogens (tertiary/aromatic N) is 3. The summed E-state index contributed by atoms with van der Waals surface area (Å²) >= 11 is 1.42. The van der Waals surface area contributed by atoms with Crippen molar-refractivity contribution in [3.8, 4) is 11.4 Å². The van der Waals surface area contributed by atoms with Gasteiger partial charge in [-0.1, -0.05) is 29.5 Å². The first-order valence-electron chi connectivity index (χ1n) is 8.10. The van der Waals surface area contributed by atoms with E-state index in [9.17, 15) is 4.79 Å². The van der Waals surface area contributed by atoms with Crippen LogP contribution in [0.3, 0.4) is 0 Å². The lowest BCUT2D eigenvalue weighted by molar-refractivity contribution is 0.0993. The molecule has 0 amide bonds. The van der Waals surface area contributed by atoms with E-state index in [1.165, 1.54) is 11.8 Å². The highest BCUT2D eigenvalue weighted by atomic mass is 32.2. The van der Waals surface area contributed by atoms with Crippen LogP contribution < -0.4 is 0 Å². The Balaban J connectivity index is 1.83. The number of benzene rings is 1. The molecule has 0 aliphatic carbocycles. The summed E-state index contributed by atoms with van der Waals surface area (Å²) in [6.45, 7) is 7.76. The van der Waals surface area contributed by atoms with Crippen molar-refractivity contribution in [1.29, 1.82) is 0 Å². The van der Waals surface area contributed by atoms with Crippen molar-refractivity contribution in [2.75, 3.05) is 0 Å². The lowest BCUT2D eigenvalue weighted by Crippen LogP contribution is -2.16. The van der Waals surface area contributed by atoms with Crippen LogP contribution in [0.25, 0.3) is 11.4 Å². The van der Waals surface area contributed by atoms with Crippen LogP contribution in [-0.4, -0.2) is 25.8 Å². The molecule has 0 aliphatic heterocycles. The van der Waals surface area contributed by atoms with Crippen molar-refractivity contribution in [2.45, 2.75) is 38.1 Å². The molecular formula is C19H21N3O2S. The summed E-state index contributed by atoms with van der Waals surface area (Å²) in [5.41, 5.74) is 3.77. The number of hydrogen-bond donors (Lipinski definition) is 0. The highest BCUT2D eigenvalue weighted by molar-refractivity contribution is 8.00. The number of rotatable bonds is 5. The SMILES string of the molecule is Cc1ccc(C)c(C(=O)C(C)Sc2nnc(-c3ccoc3C)n2C)c1. The van der Waals surface area contributed by atoms with Gasteiger partial charge in [0.25, 0.3) is 0 Å². The molecule has 3 aromatic rings. The van der Waals surface area contributed by atoms with Crippen LogP contribution in [0.5, 0.6) is 0 Å². The maximum absolute atomic E-state index is 12.8. The van der Waals surface area contributed by atoms with Crippen LogP contribution in [0.2, 0.25) is 0 Å². The molecule has 1 aromatic carbocycles. The van der Waals surface area contributed by atoms with Crippen molar-refractivity contribution < 1.29 is 9.21 Å². The van der Waals surface area contributed by atoms with Crippen molar-refractivity contribution in [2.24, 2.45) is 7.05 Å². The van der Waals surface area contributed by atoms with E-state index in [1.807, 2.05) is 63.6 Å². The molecule has 2 aromatic heterocycles. The van der Waals surface area contributed by atoms with Crippen molar-refractivity contribution in [3.63, 3.8) is 0 Å². The maximum atomic E-state index is 12.8. The average Bonchev–Trinajstić information content (AvgIpc) is 3.15. The highest BCUT2D eigenvalue weighted by Gasteiger charge is 2.22. The molecule has 0 spiro atoms. The second-order valence-electron chi connectivity index (χ2n) is 6.20. The first-order chi connectivity index (χ1) is 11.9. The van der Waals surface area contributed by atoms with Gasteiger partial charge in [0.15, 0.2) is 16.8 Å². The highest BCUT2D eigenvalue weighted by Crippen LogP contribution is 2.29. The zero-order valence-corrected chi connectivity index (χ0v) is 15.8. The van der Waals surface area contributed by atoms with Gasteiger partial charge in [0, 0.05) is 12.6 Å². The number of Topliss-reactive ketones (excluding diaryl/α,β-unsaturated/α-hetero) is 1. The summed E-state index contributed by atoms with van der Waals surface area (Å²) in [6, 6.07) is 7.83. The lowest BCUT2D eigenvalue weighted by atomic mass is 10.0. The van der Waals surface area contributed by atoms with Gasteiger partial charge in [0.2, 0.25) is 0 Å². The minimum Gasteiger partial charge on any atom is -0.469 e. The zero-order valence-electron chi connectivity index (χ0n) is 15.0. The molecule has 2 heterocycles. The number of carbonyl (C=O) groups is 1. The molecule has 25 heavy (non-hydrogen) atoms. The van der Waals surface area contributed by atoms with Gasteiger partial charge in [0.05, 0.1) is 17.1 Å². The maximum Gasteiger partial charge on any atom is 0.191 e. The predicted molar refractivity (Wildman–Crippen MR) is 99.0 cm³/mol. The number of furan rings is 1. The normalized spacial score (nSPS) is 12.4. The molecular weight excluding hydrogens is 334 g/mol. The van der Waals surface area contributed by atoms with Gasteiger partial charge in [0.1, 0.15) is 5.76 Å². The standard InChI is InChI=1S/C19H21N3O2S/c1-11-6-7-12(2)16(10-11)17(23)14(4)25-19-21-20-18(22(19)5)15-8-9-24-13(15)3/h6-10,14H,1-5H3. The van der Waals surface area contributed by atoms with Crippen LogP contribution in [-0.2, 0) is 7.05 Å². The molecule has 130 valence electrons. The Bertz CT molecular complexity index is 927.